The smallest absolute Gasteiger partial charge is 0.388 e. The molecule has 1 aliphatic heterocycles. The standard InChI is InChI=1S/C17H20BN6O7PS/c18-17-22-13-15(19)20-8-21-16(13)23(17)5-11(25)14-12(26)6-30-32(29,31-14)33-7-9-1-3-10(4-2-9)24(27)28/h1-4,8,11-12,14,25-26H,5-7,18H2,(H2,19,20,21). The number of non-ortho nitro benzene ring substituents is 1. The van der Waals surface area contributed by atoms with Crippen molar-refractivity contribution in [2.45, 2.75) is 30.6 Å². The molecule has 16 heteroatoms. The lowest BCUT2D eigenvalue weighted by Crippen LogP contribution is -2.46. The average molecular weight is 494 g/mol. The first-order chi connectivity index (χ1) is 15.7. The molecule has 0 spiro atoms. The van der Waals surface area contributed by atoms with Crippen molar-refractivity contribution in [3.8, 4) is 0 Å². The Bertz CT molecular complexity index is 1230. The summed E-state index contributed by atoms with van der Waals surface area (Å²) in [4.78, 5) is 22.6. The van der Waals surface area contributed by atoms with Crippen LogP contribution in [0, 0.1) is 10.1 Å². The number of hydrogen-bond acceptors (Lipinski definition) is 12. The molecule has 1 fully saturated rings. The topological polar surface area (TPSA) is 189 Å². The number of aliphatic hydroxyl groups excluding tert-OH is 2. The van der Waals surface area contributed by atoms with Crippen molar-refractivity contribution in [3.63, 3.8) is 0 Å². The Labute approximate surface area is 192 Å². The van der Waals surface area contributed by atoms with Gasteiger partial charge >= 0.3 is 6.80 Å². The second-order valence-electron chi connectivity index (χ2n) is 7.35. The number of nitrogens with zero attached hydrogens (tertiary/aromatic N) is 5. The van der Waals surface area contributed by atoms with E-state index in [4.69, 9.17) is 14.8 Å². The third-order valence-corrected chi connectivity index (χ3v) is 8.73. The van der Waals surface area contributed by atoms with Crippen LogP contribution in [-0.4, -0.2) is 67.4 Å². The van der Waals surface area contributed by atoms with E-state index in [1.165, 1.54) is 18.5 Å². The number of nitro groups is 1. The molecule has 3 heterocycles. The van der Waals surface area contributed by atoms with Crippen molar-refractivity contribution in [1.29, 1.82) is 0 Å². The molecule has 1 saturated heterocycles. The number of anilines is 1. The van der Waals surface area contributed by atoms with Crippen LogP contribution in [0.4, 0.5) is 11.5 Å². The summed E-state index contributed by atoms with van der Waals surface area (Å²) in [5.74, 6) is 0.390. The number of nitrogens with two attached hydrogens (primary N) is 1. The molecule has 4 N–H and O–H groups in total. The Kier molecular flexibility index (Phi) is 6.70. The number of aliphatic hydroxyl groups is 2. The van der Waals surface area contributed by atoms with Gasteiger partial charge in [0.1, 0.15) is 30.2 Å². The maximum Gasteiger partial charge on any atom is 0.389 e. The quantitative estimate of drug-likeness (QED) is 0.169. The van der Waals surface area contributed by atoms with Crippen molar-refractivity contribution in [2.24, 2.45) is 0 Å². The fourth-order valence-electron chi connectivity index (χ4n) is 3.35. The first-order valence-corrected chi connectivity index (χ1v) is 12.9. The third-order valence-electron chi connectivity index (χ3n) is 5.07. The molecule has 4 rings (SSSR count). The van der Waals surface area contributed by atoms with Crippen LogP contribution < -0.4 is 11.5 Å². The summed E-state index contributed by atoms with van der Waals surface area (Å²) in [7, 11) is 1.71. The van der Waals surface area contributed by atoms with Crippen molar-refractivity contribution in [1.82, 2.24) is 19.5 Å². The molecule has 1 aliphatic rings. The third kappa shape index (κ3) is 5.03. The van der Waals surface area contributed by atoms with Crippen LogP contribution in [0.1, 0.15) is 5.56 Å². The number of nitro benzene ring substituents is 1. The second kappa shape index (κ2) is 9.37. The molecule has 33 heavy (non-hydrogen) atoms. The van der Waals surface area contributed by atoms with Gasteiger partial charge in [-0.2, -0.15) is 0 Å². The molecule has 0 aliphatic carbocycles. The second-order valence-corrected chi connectivity index (χ2v) is 11.4. The van der Waals surface area contributed by atoms with Gasteiger partial charge in [-0.25, -0.2) is 19.5 Å². The van der Waals surface area contributed by atoms with Gasteiger partial charge in [0.15, 0.2) is 19.3 Å². The number of rotatable bonds is 7. The molecule has 0 bridgehead atoms. The Morgan fingerprint density at radius 3 is 2.82 bits per heavy atom. The highest BCUT2D eigenvalue weighted by atomic mass is 32.7. The fraction of sp³-hybridized carbons (Fsp3) is 0.353. The molecule has 4 atom stereocenters. The Balaban J connectivity index is 1.45. The Morgan fingerprint density at radius 2 is 2.12 bits per heavy atom. The van der Waals surface area contributed by atoms with E-state index in [2.05, 4.69) is 15.0 Å². The molecule has 13 nitrogen and oxygen atoms in total. The molecule has 1 aromatic carbocycles. The van der Waals surface area contributed by atoms with Gasteiger partial charge in [0.05, 0.1) is 23.8 Å². The van der Waals surface area contributed by atoms with Gasteiger partial charge in [0.25, 0.3) is 5.69 Å². The monoisotopic (exact) mass is 494 g/mol. The van der Waals surface area contributed by atoms with Crippen LogP contribution >= 0.6 is 18.2 Å². The summed E-state index contributed by atoms with van der Waals surface area (Å²) in [6.45, 7) is -4.06. The highest BCUT2D eigenvalue weighted by Gasteiger charge is 2.43. The SMILES string of the molecule is Bc1nc2c(N)ncnc2n1CC(O)C1OP(=O)(SCc2ccc([N+](=O)[O-])cc2)OCC1O. The summed E-state index contributed by atoms with van der Waals surface area (Å²) in [6.07, 6.45) is -2.38. The van der Waals surface area contributed by atoms with E-state index in [1.54, 1.807) is 24.5 Å². The van der Waals surface area contributed by atoms with Crippen molar-refractivity contribution >= 4 is 54.4 Å². The average Bonchev–Trinajstić information content (AvgIpc) is 3.11. The molecular formula is C17H20BN6O7PS. The van der Waals surface area contributed by atoms with Crippen molar-refractivity contribution in [3.05, 3.63) is 46.3 Å². The van der Waals surface area contributed by atoms with E-state index in [0.717, 1.165) is 11.4 Å². The fourth-order valence-corrected chi connectivity index (χ4v) is 6.77. The number of nitrogen functional groups attached to an aromatic ring is 1. The summed E-state index contributed by atoms with van der Waals surface area (Å²) < 4.78 is 25.5. The Morgan fingerprint density at radius 1 is 1.39 bits per heavy atom. The molecule has 0 radical (unpaired) electrons. The number of fused-ring (bicyclic) bond motifs is 1. The number of hydrogen-bond donors (Lipinski definition) is 3. The zero-order chi connectivity index (χ0) is 23.8. The zero-order valence-corrected chi connectivity index (χ0v) is 19.1. The van der Waals surface area contributed by atoms with Crippen LogP contribution in [-0.2, 0) is 25.9 Å². The van der Waals surface area contributed by atoms with Gasteiger partial charge in [0.2, 0.25) is 0 Å². The maximum atomic E-state index is 13.1. The first-order valence-electron chi connectivity index (χ1n) is 9.77. The first kappa shape index (κ1) is 23.6. The minimum absolute atomic E-state index is 0.0481. The molecule has 4 unspecified atom stereocenters. The Hall–Kier alpha value is -2.55. The normalized spacial score (nSPS) is 24.1. The predicted molar refractivity (Wildman–Crippen MR) is 123 cm³/mol. The molecule has 0 amide bonds. The lowest BCUT2D eigenvalue weighted by Gasteiger charge is -2.35. The minimum Gasteiger partial charge on any atom is -0.388 e. The molecular weight excluding hydrogens is 474 g/mol. The van der Waals surface area contributed by atoms with E-state index in [0.29, 0.717) is 22.5 Å². The maximum absolute atomic E-state index is 13.1. The molecule has 174 valence electrons. The van der Waals surface area contributed by atoms with Crippen LogP contribution in [0.25, 0.3) is 11.2 Å². The largest absolute Gasteiger partial charge is 0.389 e. The highest BCUT2D eigenvalue weighted by molar-refractivity contribution is 8.54. The summed E-state index contributed by atoms with van der Waals surface area (Å²) in [5, 5.41) is 31.9. The number of imidazole rings is 1. The van der Waals surface area contributed by atoms with Gasteiger partial charge in [-0.05, 0) is 16.9 Å². The predicted octanol–water partition coefficient (Wildman–Crippen LogP) is -0.246. The van der Waals surface area contributed by atoms with Crippen LogP contribution in [0.3, 0.4) is 0 Å². The van der Waals surface area contributed by atoms with Crippen LogP contribution in [0.2, 0.25) is 0 Å². The minimum atomic E-state index is -3.72. The van der Waals surface area contributed by atoms with Gasteiger partial charge in [-0.1, -0.05) is 12.1 Å². The van der Waals surface area contributed by atoms with Gasteiger partial charge < -0.3 is 20.5 Å². The summed E-state index contributed by atoms with van der Waals surface area (Å²) in [6, 6.07) is 5.78. The molecule has 3 aromatic rings. The van der Waals surface area contributed by atoms with Gasteiger partial charge in [-0.3, -0.25) is 19.2 Å². The van der Waals surface area contributed by atoms with Gasteiger partial charge in [0, 0.05) is 17.9 Å². The zero-order valence-electron chi connectivity index (χ0n) is 17.3. The van der Waals surface area contributed by atoms with E-state index in [9.17, 15) is 24.9 Å². The highest BCUT2D eigenvalue weighted by Crippen LogP contribution is 2.64. The molecule has 0 saturated carbocycles. The van der Waals surface area contributed by atoms with E-state index in [1.807, 2.05) is 0 Å². The number of aromatic nitrogens is 4. The van der Waals surface area contributed by atoms with Crippen LogP contribution in [0.15, 0.2) is 30.6 Å². The molecule has 2 aromatic heterocycles. The van der Waals surface area contributed by atoms with E-state index < -0.39 is 30.0 Å². The lowest BCUT2D eigenvalue weighted by molar-refractivity contribution is -0.384. The lowest BCUT2D eigenvalue weighted by atomic mass is 10.1. The van der Waals surface area contributed by atoms with E-state index in [-0.39, 0.29) is 30.4 Å². The van der Waals surface area contributed by atoms with E-state index >= 15 is 0 Å². The summed E-state index contributed by atoms with van der Waals surface area (Å²) >= 11 is 0.869. The van der Waals surface area contributed by atoms with Crippen molar-refractivity contribution in [2.75, 3.05) is 12.3 Å². The number of benzene rings is 1. The summed E-state index contributed by atoms with van der Waals surface area (Å²) in [5.41, 5.74) is 7.77. The van der Waals surface area contributed by atoms with Crippen LogP contribution in [0.5, 0.6) is 0 Å². The van der Waals surface area contributed by atoms with Gasteiger partial charge in [-0.15, -0.1) is 0 Å². The van der Waals surface area contributed by atoms with Crippen molar-refractivity contribution < 1.29 is 28.7 Å².